The molecule has 11 nitrogen and oxygen atoms in total. The van der Waals surface area contributed by atoms with Gasteiger partial charge in [-0.15, -0.1) is 0 Å². The Bertz CT molecular complexity index is 1220. The van der Waals surface area contributed by atoms with Crippen LogP contribution in [-0.4, -0.2) is 68.7 Å². The van der Waals surface area contributed by atoms with Crippen LogP contribution >= 0.6 is 0 Å². The van der Waals surface area contributed by atoms with Crippen molar-refractivity contribution in [2.75, 3.05) is 39.9 Å². The molecule has 5 N–H and O–H groups in total. The monoisotopic (exact) mass is 596 g/mol. The summed E-state index contributed by atoms with van der Waals surface area (Å²) in [5.41, 5.74) is 1.06. The molecule has 1 heterocycles. The van der Waals surface area contributed by atoms with E-state index in [0.29, 0.717) is 69.3 Å². The third-order valence-electron chi connectivity index (χ3n) is 7.29. The Morgan fingerprint density at radius 1 is 1.05 bits per heavy atom. The number of rotatable bonds is 6. The molecule has 0 radical (unpaired) electrons. The number of fused-ring (bicyclic) bond motifs is 2. The molecule has 2 bridgehead atoms. The molecule has 1 saturated carbocycles. The Hall–Kier alpha value is -4.12. The number of amides is 3. The SMILES string of the molecule is CC(=O)O.COc1ccc2cc1OCC(=O)NCCNCCCC(=O)NCC(CC1CC1)(C(=O)NCc1ccccc1)C2. The standard InChI is InChI=1S/C30H40N4O5.C2H4O2/c1-38-25-12-11-24-16-26(25)39-20-28(36)32-15-14-31-13-5-8-27(35)34-21-30(18-24,17-22-9-10-22)29(37)33-19-23-6-3-2-4-7-23;1-2(3)4/h2-4,6-7,11-12,16,22,31H,5,8-10,13-15,17-21H2,1H3,(H,32,36)(H,33,37)(H,34,35);1H3,(H,3,4). The Morgan fingerprint density at radius 2 is 1.79 bits per heavy atom. The number of carbonyl (C=O) groups is 4. The smallest absolute Gasteiger partial charge is 0.300 e. The average molecular weight is 597 g/mol. The maximum atomic E-state index is 14.0. The number of methoxy groups -OCH3 is 1. The first-order valence-corrected chi connectivity index (χ1v) is 14.8. The summed E-state index contributed by atoms with van der Waals surface area (Å²) in [5, 5.41) is 19.7. The van der Waals surface area contributed by atoms with Crippen LogP contribution in [0.25, 0.3) is 0 Å². The van der Waals surface area contributed by atoms with Gasteiger partial charge in [0.05, 0.1) is 12.5 Å². The van der Waals surface area contributed by atoms with Crippen LogP contribution in [0.1, 0.15) is 50.2 Å². The van der Waals surface area contributed by atoms with E-state index in [1.54, 1.807) is 13.2 Å². The van der Waals surface area contributed by atoms with Crippen molar-refractivity contribution in [3.8, 4) is 11.5 Å². The first-order valence-electron chi connectivity index (χ1n) is 14.8. The zero-order valence-corrected chi connectivity index (χ0v) is 25.1. The molecule has 11 heteroatoms. The lowest BCUT2D eigenvalue weighted by molar-refractivity contribution is -0.135. The van der Waals surface area contributed by atoms with Gasteiger partial charge in [-0.3, -0.25) is 19.2 Å². The summed E-state index contributed by atoms with van der Waals surface area (Å²) in [7, 11) is 1.55. The van der Waals surface area contributed by atoms with Crippen LogP contribution in [0.5, 0.6) is 11.5 Å². The van der Waals surface area contributed by atoms with Gasteiger partial charge in [-0.25, -0.2) is 0 Å². The lowest BCUT2D eigenvalue weighted by Crippen LogP contribution is -2.50. The molecular formula is C32H44N4O7. The van der Waals surface area contributed by atoms with Crippen molar-refractivity contribution < 1.29 is 33.8 Å². The van der Waals surface area contributed by atoms with E-state index in [1.807, 2.05) is 42.5 Å². The van der Waals surface area contributed by atoms with Gasteiger partial charge in [-0.2, -0.15) is 0 Å². The molecule has 1 aliphatic heterocycles. The van der Waals surface area contributed by atoms with Gasteiger partial charge >= 0.3 is 0 Å². The molecule has 234 valence electrons. The summed E-state index contributed by atoms with van der Waals surface area (Å²) in [6.45, 7) is 3.33. The lowest BCUT2D eigenvalue weighted by atomic mass is 9.75. The number of hydrogen-bond acceptors (Lipinski definition) is 7. The highest BCUT2D eigenvalue weighted by Crippen LogP contribution is 2.43. The molecule has 3 amide bonds. The number of carbonyl (C=O) groups excluding carboxylic acids is 3. The molecule has 0 saturated heterocycles. The van der Waals surface area contributed by atoms with E-state index in [9.17, 15) is 14.4 Å². The minimum absolute atomic E-state index is 0.0685. The number of carboxylic acids is 1. The van der Waals surface area contributed by atoms with E-state index in [-0.39, 0.29) is 30.9 Å². The highest BCUT2D eigenvalue weighted by Gasteiger charge is 2.43. The van der Waals surface area contributed by atoms with Crippen LogP contribution in [0.2, 0.25) is 0 Å². The first kappa shape index (κ1) is 33.4. The van der Waals surface area contributed by atoms with Gasteiger partial charge in [0.15, 0.2) is 18.1 Å². The van der Waals surface area contributed by atoms with Gasteiger partial charge in [-0.05, 0) is 55.0 Å². The summed E-state index contributed by atoms with van der Waals surface area (Å²) in [6, 6.07) is 15.4. The number of hydrogen-bond donors (Lipinski definition) is 5. The number of benzene rings is 2. The Kier molecular flexibility index (Phi) is 13.3. The van der Waals surface area contributed by atoms with Crippen molar-refractivity contribution in [3.63, 3.8) is 0 Å². The van der Waals surface area contributed by atoms with Gasteiger partial charge in [0, 0.05) is 39.5 Å². The van der Waals surface area contributed by atoms with Gasteiger partial charge in [0.1, 0.15) is 0 Å². The molecule has 1 fully saturated rings. The fourth-order valence-electron chi connectivity index (χ4n) is 4.97. The molecule has 0 aromatic heterocycles. The fraction of sp³-hybridized carbons (Fsp3) is 0.500. The van der Waals surface area contributed by atoms with Crippen molar-refractivity contribution in [3.05, 3.63) is 59.7 Å². The van der Waals surface area contributed by atoms with Crippen LogP contribution in [0.4, 0.5) is 0 Å². The predicted octanol–water partition coefficient (Wildman–Crippen LogP) is 2.43. The zero-order chi connectivity index (χ0) is 31.1. The third kappa shape index (κ3) is 12.0. The van der Waals surface area contributed by atoms with Gasteiger partial charge < -0.3 is 35.8 Å². The van der Waals surface area contributed by atoms with E-state index in [2.05, 4.69) is 21.3 Å². The number of carboxylic acid groups (broad SMARTS) is 1. The zero-order valence-electron chi connectivity index (χ0n) is 25.1. The normalized spacial score (nSPS) is 20.0. The molecule has 4 rings (SSSR count). The molecular weight excluding hydrogens is 552 g/mol. The van der Waals surface area contributed by atoms with Crippen molar-refractivity contribution in [1.82, 2.24) is 21.3 Å². The Labute approximate surface area is 253 Å². The van der Waals surface area contributed by atoms with Crippen molar-refractivity contribution in [2.45, 2.75) is 52.0 Å². The maximum absolute atomic E-state index is 14.0. The minimum atomic E-state index is -0.835. The molecule has 2 aliphatic rings. The van der Waals surface area contributed by atoms with Gasteiger partial charge in [-0.1, -0.05) is 49.2 Å². The van der Waals surface area contributed by atoms with E-state index < -0.39 is 11.4 Å². The van der Waals surface area contributed by atoms with Gasteiger partial charge in [0.25, 0.3) is 11.9 Å². The van der Waals surface area contributed by atoms with E-state index >= 15 is 0 Å². The van der Waals surface area contributed by atoms with Crippen molar-refractivity contribution >= 4 is 23.7 Å². The second-order valence-corrected chi connectivity index (χ2v) is 11.0. The molecule has 43 heavy (non-hydrogen) atoms. The molecule has 1 aliphatic carbocycles. The second-order valence-electron chi connectivity index (χ2n) is 11.0. The number of ether oxygens (including phenoxy) is 2. The van der Waals surface area contributed by atoms with Crippen LogP contribution in [0.3, 0.4) is 0 Å². The highest BCUT2D eigenvalue weighted by atomic mass is 16.5. The van der Waals surface area contributed by atoms with E-state index in [4.69, 9.17) is 19.4 Å². The molecule has 2 aromatic carbocycles. The number of nitrogens with one attached hydrogen (secondary N) is 4. The summed E-state index contributed by atoms with van der Waals surface area (Å²) in [6.07, 6.45) is 4.29. The van der Waals surface area contributed by atoms with Crippen molar-refractivity contribution in [2.24, 2.45) is 11.3 Å². The summed E-state index contributed by atoms with van der Waals surface area (Å²) < 4.78 is 11.3. The minimum Gasteiger partial charge on any atom is -0.493 e. The molecule has 1 atom stereocenters. The second kappa shape index (κ2) is 17.1. The summed E-state index contributed by atoms with van der Waals surface area (Å²) >= 11 is 0. The number of aliphatic carboxylic acids is 1. The maximum Gasteiger partial charge on any atom is 0.300 e. The fourth-order valence-corrected chi connectivity index (χ4v) is 4.97. The van der Waals surface area contributed by atoms with Crippen LogP contribution < -0.4 is 30.7 Å². The Morgan fingerprint density at radius 3 is 2.49 bits per heavy atom. The van der Waals surface area contributed by atoms with Crippen LogP contribution in [0.15, 0.2) is 48.5 Å². The molecule has 2 aromatic rings. The largest absolute Gasteiger partial charge is 0.493 e. The van der Waals surface area contributed by atoms with Gasteiger partial charge in [0.2, 0.25) is 11.8 Å². The summed E-state index contributed by atoms with van der Waals surface area (Å²) in [5.74, 6) is 0.196. The van der Waals surface area contributed by atoms with E-state index in [0.717, 1.165) is 30.9 Å². The lowest BCUT2D eigenvalue weighted by Gasteiger charge is -2.33. The van der Waals surface area contributed by atoms with E-state index in [1.165, 1.54) is 0 Å². The third-order valence-corrected chi connectivity index (χ3v) is 7.29. The quantitative estimate of drug-likeness (QED) is 0.341. The average Bonchev–Trinajstić information content (AvgIpc) is 3.81. The van der Waals surface area contributed by atoms with Crippen LogP contribution in [0, 0.1) is 11.3 Å². The molecule has 1 unspecified atom stereocenters. The summed E-state index contributed by atoms with van der Waals surface area (Å²) in [4.78, 5) is 48.1. The highest BCUT2D eigenvalue weighted by molar-refractivity contribution is 5.85. The van der Waals surface area contributed by atoms with Crippen molar-refractivity contribution in [1.29, 1.82) is 0 Å². The molecule has 0 spiro atoms. The topological polar surface area (TPSA) is 155 Å². The predicted molar refractivity (Wildman–Crippen MR) is 162 cm³/mol. The first-order chi connectivity index (χ1) is 20.7. The van der Waals surface area contributed by atoms with Crippen LogP contribution in [-0.2, 0) is 32.1 Å². The Balaban J connectivity index is 0.00000119.